The SMILES string of the molecule is CC.CCC.COC(=O)c1cccc(N(C=O)C(C)=O)c1. The van der Waals surface area contributed by atoms with E-state index in [1.807, 2.05) is 13.8 Å². The summed E-state index contributed by atoms with van der Waals surface area (Å²) < 4.78 is 4.53. The summed E-state index contributed by atoms with van der Waals surface area (Å²) in [5.41, 5.74) is 0.624. The number of hydrogen-bond acceptors (Lipinski definition) is 4. The maximum atomic E-state index is 11.2. The molecule has 0 saturated heterocycles. The predicted octanol–water partition coefficient (Wildman–Crippen LogP) is 3.43. The van der Waals surface area contributed by atoms with Crippen molar-refractivity contribution in [3.05, 3.63) is 29.8 Å². The molecule has 118 valence electrons. The molecule has 0 aromatic heterocycles. The molecule has 1 rings (SSSR count). The van der Waals surface area contributed by atoms with Gasteiger partial charge in [-0.05, 0) is 18.2 Å². The third-order valence-corrected chi connectivity index (χ3v) is 1.99. The minimum Gasteiger partial charge on any atom is -0.465 e. The molecule has 0 spiro atoms. The Hall–Kier alpha value is -2.17. The minimum absolute atomic E-state index is 0.285. The lowest BCUT2D eigenvalue weighted by atomic mass is 10.2. The second kappa shape index (κ2) is 12.8. The van der Waals surface area contributed by atoms with Crippen LogP contribution in [0.5, 0.6) is 0 Å². The number of anilines is 1. The number of nitrogens with zero attached hydrogens (tertiary/aromatic N) is 1. The fraction of sp³-hybridized carbons (Fsp3) is 0.438. The normalized spacial score (nSPS) is 8.29. The van der Waals surface area contributed by atoms with E-state index < -0.39 is 11.9 Å². The fourth-order valence-electron chi connectivity index (χ4n) is 1.22. The Bertz CT molecular complexity index is 444. The van der Waals surface area contributed by atoms with Crippen LogP contribution in [0.25, 0.3) is 0 Å². The number of esters is 1. The molecule has 5 nitrogen and oxygen atoms in total. The Morgan fingerprint density at radius 1 is 1.24 bits per heavy atom. The summed E-state index contributed by atoms with van der Waals surface area (Å²) >= 11 is 0. The maximum absolute atomic E-state index is 11.2. The molecule has 0 fully saturated rings. The van der Waals surface area contributed by atoms with E-state index in [9.17, 15) is 14.4 Å². The van der Waals surface area contributed by atoms with Gasteiger partial charge in [0.15, 0.2) is 0 Å². The van der Waals surface area contributed by atoms with Crippen LogP contribution >= 0.6 is 0 Å². The minimum atomic E-state index is -0.517. The van der Waals surface area contributed by atoms with Gasteiger partial charge in [-0.25, -0.2) is 4.79 Å². The van der Waals surface area contributed by atoms with E-state index >= 15 is 0 Å². The number of benzene rings is 1. The van der Waals surface area contributed by atoms with Crippen molar-refractivity contribution < 1.29 is 19.1 Å². The smallest absolute Gasteiger partial charge is 0.337 e. The van der Waals surface area contributed by atoms with Crippen molar-refractivity contribution in [2.24, 2.45) is 0 Å². The summed E-state index contributed by atoms with van der Waals surface area (Å²) in [6.07, 6.45) is 1.65. The van der Waals surface area contributed by atoms with E-state index in [4.69, 9.17) is 0 Å². The average molecular weight is 295 g/mol. The molecule has 1 aromatic rings. The quantitative estimate of drug-likeness (QED) is 0.633. The lowest BCUT2D eigenvalue weighted by Crippen LogP contribution is -2.26. The van der Waals surface area contributed by atoms with Crippen LogP contribution in [0.3, 0.4) is 0 Å². The van der Waals surface area contributed by atoms with Gasteiger partial charge in [-0.3, -0.25) is 14.5 Å². The van der Waals surface area contributed by atoms with Crippen molar-refractivity contribution in [3.8, 4) is 0 Å². The zero-order valence-corrected chi connectivity index (χ0v) is 13.7. The molecule has 0 aliphatic rings. The molecule has 0 radical (unpaired) electrons. The Balaban J connectivity index is 0. The van der Waals surface area contributed by atoms with Crippen LogP contribution in [0.4, 0.5) is 5.69 Å². The van der Waals surface area contributed by atoms with Gasteiger partial charge >= 0.3 is 5.97 Å². The summed E-state index contributed by atoms with van der Waals surface area (Å²) in [6, 6.07) is 6.09. The predicted molar refractivity (Wildman–Crippen MR) is 84.3 cm³/mol. The number of methoxy groups -OCH3 is 1. The first-order valence-corrected chi connectivity index (χ1v) is 6.95. The third-order valence-electron chi connectivity index (χ3n) is 1.99. The van der Waals surface area contributed by atoms with Crippen molar-refractivity contribution in [1.29, 1.82) is 0 Å². The van der Waals surface area contributed by atoms with Crippen LogP contribution in [0.15, 0.2) is 24.3 Å². The van der Waals surface area contributed by atoms with Gasteiger partial charge in [0.1, 0.15) is 0 Å². The second-order valence-electron chi connectivity index (χ2n) is 3.74. The summed E-state index contributed by atoms with van der Waals surface area (Å²) in [4.78, 5) is 33.9. The molecule has 0 unspecified atom stereocenters. The van der Waals surface area contributed by atoms with Crippen LogP contribution in [-0.2, 0) is 14.3 Å². The molecule has 0 aliphatic carbocycles. The Labute approximate surface area is 126 Å². The maximum Gasteiger partial charge on any atom is 0.337 e. The molecule has 21 heavy (non-hydrogen) atoms. The number of carbonyl (C=O) groups excluding carboxylic acids is 3. The first-order valence-electron chi connectivity index (χ1n) is 6.95. The van der Waals surface area contributed by atoms with Crippen molar-refractivity contribution in [3.63, 3.8) is 0 Å². The number of carbonyl (C=O) groups is 3. The number of imide groups is 1. The molecular formula is C16H25NO4. The topological polar surface area (TPSA) is 63.7 Å². The average Bonchev–Trinajstić information content (AvgIpc) is 2.50. The molecule has 0 heterocycles. The molecule has 0 bridgehead atoms. The highest BCUT2D eigenvalue weighted by Gasteiger charge is 2.12. The van der Waals surface area contributed by atoms with E-state index in [1.165, 1.54) is 26.5 Å². The highest BCUT2D eigenvalue weighted by Crippen LogP contribution is 2.15. The number of ether oxygens (including phenoxy) is 1. The van der Waals surface area contributed by atoms with Gasteiger partial charge in [0.25, 0.3) is 0 Å². The Morgan fingerprint density at radius 2 is 1.76 bits per heavy atom. The third kappa shape index (κ3) is 7.87. The Kier molecular flexibility index (Phi) is 12.9. The number of hydrogen-bond donors (Lipinski definition) is 0. The zero-order chi connectivity index (χ0) is 16.8. The van der Waals surface area contributed by atoms with Crippen LogP contribution < -0.4 is 4.90 Å². The molecular weight excluding hydrogens is 270 g/mol. The number of rotatable bonds is 3. The van der Waals surface area contributed by atoms with E-state index in [0.717, 1.165) is 4.90 Å². The summed E-state index contributed by atoms with van der Waals surface area (Å²) in [5, 5.41) is 0. The van der Waals surface area contributed by atoms with E-state index in [1.54, 1.807) is 18.2 Å². The van der Waals surface area contributed by atoms with Crippen molar-refractivity contribution >= 4 is 24.0 Å². The van der Waals surface area contributed by atoms with Gasteiger partial charge < -0.3 is 4.74 Å². The highest BCUT2D eigenvalue weighted by atomic mass is 16.5. The van der Waals surface area contributed by atoms with Crippen molar-refractivity contribution in [1.82, 2.24) is 0 Å². The fourth-order valence-corrected chi connectivity index (χ4v) is 1.22. The van der Waals surface area contributed by atoms with Gasteiger partial charge in [0.05, 0.1) is 18.4 Å². The summed E-state index contributed by atoms with van der Waals surface area (Å²) in [7, 11) is 1.26. The number of amides is 2. The molecule has 1 aromatic carbocycles. The van der Waals surface area contributed by atoms with Crippen LogP contribution in [-0.4, -0.2) is 25.4 Å². The second-order valence-corrected chi connectivity index (χ2v) is 3.74. The lowest BCUT2D eigenvalue weighted by molar-refractivity contribution is -0.120. The molecule has 0 aliphatic heterocycles. The first kappa shape index (κ1) is 21.1. The molecule has 0 N–H and O–H groups in total. The van der Waals surface area contributed by atoms with Crippen molar-refractivity contribution in [2.75, 3.05) is 12.0 Å². The zero-order valence-electron chi connectivity index (χ0n) is 13.7. The summed E-state index contributed by atoms with van der Waals surface area (Å²) in [6.45, 7) is 9.51. The lowest BCUT2D eigenvalue weighted by Gasteiger charge is -2.13. The molecule has 5 heteroatoms. The molecule has 0 atom stereocenters. The van der Waals surface area contributed by atoms with Crippen LogP contribution in [0.1, 0.15) is 51.4 Å². The van der Waals surface area contributed by atoms with Gasteiger partial charge in [-0.2, -0.15) is 0 Å². The van der Waals surface area contributed by atoms with E-state index in [0.29, 0.717) is 12.1 Å². The van der Waals surface area contributed by atoms with Gasteiger partial charge in [0.2, 0.25) is 12.3 Å². The molecule has 2 amide bonds. The largest absolute Gasteiger partial charge is 0.465 e. The summed E-state index contributed by atoms with van der Waals surface area (Å²) in [5.74, 6) is -0.937. The van der Waals surface area contributed by atoms with Crippen molar-refractivity contribution in [2.45, 2.75) is 41.0 Å². The van der Waals surface area contributed by atoms with Crippen LogP contribution in [0, 0.1) is 0 Å². The van der Waals surface area contributed by atoms with Gasteiger partial charge in [0, 0.05) is 6.92 Å². The van der Waals surface area contributed by atoms with Gasteiger partial charge in [-0.1, -0.05) is 40.2 Å². The van der Waals surface area contributed by atoms with E-state index in [2.05, 4.69) is 18.6 Å². The Morgan fingerprint density at radius 3 is 2.14 bits per heavy atom. The van der Waals surface area contributed by atoms with Crippen LogP contribution in [0.2, 0.25) is 0 Å². The highest BCUT2D eigenvalue weighted by molar-refractivity contribution is 6.06. The van der Waals surface area contributed by atoms with Gasteiger partial charge in [-0.15, -0.1) is 0 Å². The van der Waals surface area contributed by atoms with E-state index in [-0.39, 0.29) is 5.56 Å². The first-order chi connectivity index (χ1) is 10.0. The standard InChI is InChI=1S/C11H11NO4.C3H8.C2H6/c1-8(14)12(7-13)10-5-3-4-9(6-10)11(15)16-2;1-3-2;1-2/h3-7H,1-2H3;3H2,1-2H3;1-2H3. The molecule has 0 saturated carbocycles. The monoisotopic (exact) mass is 295 g/mol.